The number of aromatic nitrogens is 1. The van der Waals surface area contributed by atoms with Gasteiger partial charge in [-0.15, -0.1) is 0 Å². The average molecular weight is 339 g/mol. The van der Waals surface area contributed by atoms with Crippen molar-refractivity contribution in [2.24, 2.45) is 0 Å². The monoisotopic (exact) mass is 339 g/mol. The molecule has 1 atom stereocenters. The Balaban J connectivity index is 1.76. The number of pyridine rings is 1. The number of rotatable bonds is 6. The van der Waals surface area contributed by atoms with Gasteiger partial charge in [0.1, 0.15) is 0 Å². The van der Waals surface area contributed by atoms with Crippen LogP contribution in [0.3, 0.4) is 0 Å². The van der Waals surface area contributed by atoms with E-state index in [1.54, 1.807) is 6.20 Å². The van der Waals surface area contributed by atoms with E-state index in [1.807, 2.05) is 31.2 Å². The summed E-state index contributed by atoms with van der Waals surface area (Å²) in [6.07, 6.45) is 2.51. The topological polar surface area (TPSA) is 60.5 Å². The van der Waals surface area contributed by atoms with Crippen LogP contribution in [-0.4, -0.2) is 42.5 Å². The van der Waals surface area contributed by atoms with E-state index < -0.39 is 0 Å². The van der Waals surface area contributed by atoms with Gasteiger partial charge in [0.15, 0.2) is 0 Å². The van der Waals surface area contributed by atoms with Gasteiger partial charge in [-0.05, 0) is 43.7 Å². The third-order valence-corrected chi connectivity index (χ3v) is 4.60. The van der Waals surface area contributed by atoms with E-state index in [4.69, 9.17) is 0 Å². The Labute approximate surface area is 148 Å². The first kappa shape index (κ1) is 17.4. The number of aryl methyl sites for hydroxylation is 1. The minimum Gasteiger partial charge on any atom is -0.314 e. The normalized spacial score (nSPS) is 16.2. The predicted octanol–water partition coefficient (Wildman–Crippen LogP) is 2.35. The second-order valence-electron chi connectivity index (χ2n) is 6.33. The van der Waals surface area contributed by atoms with E-state index in [1.165, 1.54) is 10.6 Å². The second-order valence-corrected chi connectivity index (χ2v) is 6.33. The Morgan fingerprint density at radius 1 is 1.28 bits per heavy atom. The molecule has 0 aliphatic carbocycles. The van der Waals surface area contributed by atoms with Crippen LogP contribution >= 0.6 is 0 Å². The summed E-state index contributed by atoms with van der Waals surface area (Å²) >= 11 is 0. The van der Waals surface area contributed by atoms with Crippen LogP contribution in [0.5, 0.6) is 0 Å². The number of piperazine rings is 1. The summed E-state index contributed by atoms with van der Waals surface area (Å²) in [5, 5.41) is 4.87. The van der Waals surface area contributed by atoms with E-state index in [0.29, 0.717) is 6.04 Å². The van der Waals surface area contributed by atoms with Crippen LogP contribution in [-0.2, 0) is 4.79 Å². The van der Waals surface area contributed by atoms with Crippen molar-refractivity contribution in [2.75, 3.05) is 36.6 Å². The van der Waals surface area contributed by atoms with E-state index in [2.05, 4.69) is 39.7 Å². The minimum absolute atomic E-state index is 0.316. The molecular weight excluding hydrogens is 314 g/mol. The van der Waals surface area contributed by atoms with E-state index in [-0.39, 0.29) is 0 Å². The van der Waals surface area contributed by atoms with Crippen LogP contribution < -0.4 is 15.8 Å². The fraction of sp³-hybridized carbons (Fsp3) is 0.368. The maximum atomic E-state index is 11.6. The molecule has 0 bridgehead atoms. The molecule has 1 fully saturated rings. The van der Waals surface area contributed by atoms with Crippen LogP contribution in [0.1, 0.15) is 24.2 Å². The summed E-state index contributed by atoms with van der Waals surface area (Å²) < 4.78 is 0. The molecule has 0 unspecified atom stereocenters. The molecule has 1 aromatic carbocycles. The van der Waals surface area contributed by atoms with Gasteiger partial charge in [-0.3, -0.25) is 20.1 Å². The Kier molecular flexibility index (Phi) is 5.63. The van der Waals surface area contributed by atoms with Gasteiger partial charge in [0.05, 0.1) is 17.6 Å². The number of carbonyl (C=O) groups excluding carboxylic acids is 1. The highest BCUT2D eigenvalue weighted by atomic mass is 16.1. The van der Waals surface area contributed by atoms with Crippen molar-refractivity contribution < 1.29 is 4.79 Å². The fourth-order valence-electron chi connectivity index (χ4n) is 3.04. The highest BCUT2D eigenvalue weighted by Gasteiger charge is 2.18. The number of nitrogens with one attached hydrogen (secondary N) is 2. The number of benzene rings is 1. The van der Waals surface area contributed by atoms with Crippen LogP contribution in [0, 0.1) is 6.92 Å². The summed E-state index contributed by atoms with van der Waals surface area (Å²) in [7, 11) is 0. The third-order valence-electron chi connectivity index (χ3n) is 4.60. The highest BCUT2D eigenvalue weighted by molar-refractivity contribution is 5.78. The third kappa shape index (κ3) is 4.35. The lowest BCUT2D eigenvalue weighted by Gasteiger charge is -2.33. The first-order chi connectivity index (χ1) is 12.2. The van der Waals surface area contributed by atoms with Crippen molar-refractivity contribution in [3.8, 4) is 0 Å². The van der Waals surface area contributed by atoms with Crippen LogP contribution in [0.15, 0.2) is 42.6 Å². The summed E-state index contributed by atoms with van der Waals surface area (Å²) in [6.45, 7) is 8.26. The van der Waals surface area contributed by atoms with Crippen LogP contribution in [0.4, 0.5) is 11.4 Å². The first-order valence-electron chi connectivity index (χ1n) is 8.66. The molecule has 2 N–H and O–H groups in total. The van der Waals surface area contributed by atoms with Crippen molar-refractivity contribution >= 4 is 17.8 Å². The largest absolute Gasteiger partial charge is 0.314 e. The SMILES string of the molecule is Cc1ccc(NN(C=O)c2cccc([C@H](C)N3CCNCC3)c2)cn1. The number of hydrogen-bond acceptors (Lipinski definition) is 5. The molecule has 0 spiro atoms. The lowest BCUT2D eigenvalue weighted by atomic mass is 10.1. The fourth-order valence-corrected chi connectivity index (χ4v) is 3.04. The molecule has 1 aliphatic rings. The van der Waals surface area contributed by atoms with Crippen molar-refractivity contribution in [2.45, 2.75) is 19.9 Å². The molecule has 25 heavy (non-hydrogen) atoms. The molecule has 1 amide bonds. The van der Waals surface area contributed by atoms with Gasteiger partial charge in [-0.1, -0.05) is 12.1 Å². The highest BCUT2D eigenvalue weighted by Crippen LogP contribution is 2.25. The lowest BCUT2D eigenvalue weighted by Crippen LogP contribution is -2.44. The minimum atomic E-state index is 0.316. The second kappa shape index (κ2) is 8.09. The predicted molar refractivity (Wildman–Crippen MR) is 100 cm³/mol. The number of carbonyl (C=O) groups is 1. The van der Waals surface area contributed by atoms with E-state index in [0.717, 1.165) is 49.7 Å². The zero-order valence-corrected chi connectivity index (χ0v) is 14.8. The van der Waals surface area contributed by atoms with Crippen molar-refractivity contribution in [1.82, 2.24) is 15.2 Å². The number of anilines is 2. The maximum absolute atomic E-state index is 11.6. The van der Waals surface area contributed by atoms with E-state index in [9.17, 15) is 4.79 Å². The van der Waals surface area contributed by atoms with Gasteiger partial charge >= 0.3 is 0 Å². The van der Waals surface area contributed by atoms with Crippen molar-refractivity contribution in [3.05, 3.63) is 53.9 Å². The molecule has 1 aliphatic heterocycles. The van der Waals surface area contributed by atoms with Gasteiger partial charge < -0.3 is 5.32 Å². The summed E-state index contributed by atoms with van der Waals surface area (Å²) in [4.78, 5) is 18.3. The van der Waals surface area contributed by atoms with Crippen LogP contribution in [0.2, 0.25) is 0 Å². The number of hydrogen-bond donors (Lipinski definition) is 2. The van der Waals surface area contributed by atoms with Crippen molar-refractivity contribution in [1.29, 1.82) is 0 Å². The molecule has 6 nitrogen and oxygen atoms in total. The maximum Gasteiger partial charge on any atom is 0.232 e. The standard InChI is InChI=1S/C19H25N5O/c1-15-6-7-18(13-21-15)22-24(14-25)19-5-3-4-17(12-19)16(2)23-10-8-20-9-11-23/h3-7,12-14,16,20,22H,8-11H2,1-2H3/t16-/m0/s1. The Bertz CT molecular complexity index is 697. The molecule has 2 heterocycles. The summed E-state index contributed by atoms with van der Waals surface area (Å²) in [5.74, 6) is 0. The Morgan fingerprint density at radius 3 is 2.76 bits per heavy atom. The zero-order chi connectivity index (χ0) is 17.6. The molecule has 6 heteroatoms. The lowest BCUT2D eigenvalue weighted by molar-refractivity contribution is -0.107. The Morgan fingerprint density at radius 2 is 2.08 bits per heavy atom. The van der Waals surface area contributed by atoms with Gasteiger partial charge in [0.25, 0.3) is 0 Å². The van der Waals surface area contributed by atoms with Crippen molar-refractivity contribution in [3.63, 3.8) is 0 Å². The zero-order valence-electron chi connectivity index (χ0n) is 14.8. The number of nitrogens with zero attached hydrogens (tertiary/aromatic N) is 3. The molecule has 0 saturated carbocycles. The molecule has 1 saturated heterocycles. The van der Waals surface area contributed by atoms with E-state index >= 15 is 0 Å². The first-order valence-corrected chi connectivity index (χ1v) is 8.66. The molecule has 132 valence electrons. The quantitative estimate of drug-likeness (QED) is 0.625. The van der Waals surface area contributed by atoms with Gasteiger partial charge in [0, 0.05) is 37.9 Å². The molecule has 3 rings (SSSR count). The van der Waals surface area contributed by atoms with Gasteiger partial charge in [0.2, 0.25) is 6.41 Å². The molecular formula is C19H25N5O. The number of amides is 1. The summed E-state index contributed by atoms with van der Waals surface area (Å²) in [6, 6.07) is 12.2. The smallest absolute Gasteiger partial charge is 0.232 e. The summed E-state index contributed by atoms with van der Waals surface area (Å²) in [5.41, 5.74) is 6.83. The average Bonchev–Trinajstić information content (AvgIpc) is 2.67. The number of hydrazine groups is 1. The Hall–Kier alpha value is -2.44. The van der Waals surface area contributed by atoms with Gasteiger partial charge in [-0.2, -0.15) is 0 Å². The van der Waals surface area contributed by atoms with Crippen LogP contribution in [0.25, 0.3) is 0 Å². The molecule has 1 aromatic heterocycles. The molecule has 0 radical (unpaired) electrons. The van der Waals surface area contributed by atoms with Gasteiger partial charge in [-0.25, -0.2) is 5.01 Å². The molecule has 2 aromatic rings.